The molecule has 0 bridgehead atoms. The molecule has 0 aliphatic carbocycles. The predicted octanol–water partition coefficient (Wildman–Crippen LogP) is 4.84. The number of aryl methyl sites for hydroxylation is 2. The number of benzene rings is 3. The van der Waals surface area contributed by atoms with Crippen LogP contribution in [0, 0.1) is 34.1 Å². The standard InChI is InChI=1S/C25H24N4O8/c1-4-35-24-12-18(14-26-27-25(30)15-36-20-8-5-16(2)17(3)11-20)6-9-23(24)37-22-10-7-19(28(31)32)13-21(22)29(33)34/h5-14H,4,15H2,1-3H3,(H,27,30). The molecule has 0 heterocycles. The molecule has 0 saturated heterocycles. The molecular formula is C25H24N4O8. The van der Waals surface area contributed by atoms with Gasteiger partial charge in [0.2, 0.25) is 5.75 Å². The predicted molar refractivity (Wildman–Crippen MR) is 135 cm³/mol. The minimum absolute atomic E-state index is 0.154. The number of ether oxygens (including phenoxy) is 3. The Morgan fingerprint density at radius 1 is 0.919 bits per heavy atom. The second-order valence-electron chi connectivity index (χ2n) is 7.74. The molecule has 3 rings (SSSR count). The van der Waals surface area contributed by atoms with Gasteiger partial charge in [0, 0.05) is 6.07 Å². The molecule has 1 N–H and O–H groups in total. The maximum Gasteiger partial charge on any atom is 0.318 e. The summed E-state index contributed by atoms with van der Waals surface area (Å²) in [5.74, 6) is 0.344. The Bertz CT molecular complexity index is 1360. The first-order valence-corrected chi connectivity index (χ1v) is 11.1. The van der Waals surface area contributed by atoms with Crippen LogP contribution in [0.1, 0.15) is 23.6 Å². The van der Waals surface area contributed by atoms with Gasteiger partial charge in [0.25, 0.3) is 11.6 Å². The summed E-state index contributed by atoms with van der Waals surface area (Å²) in [5, 5.41) is 26.3. The molecule has 37 heavy (non-hydrogen) atoms. The summed E-state index contributed by atoms with van der Waals surface area (Å²) < 4.78 is 16.7. The molecule has 12 heteroatoms. The summed E-state index contributed by atoms with van der Waals surface area (Å²) in [6.07, 6.45) is 1.38. The van der Waals surface area contributed by atoms with Gasteiger partial charge in [-0.3, -0.25) is 25.0 Å². The lowest BCUT2D eigenvalue weighted by molar-refractivity contribution is -0.394. The van der Waals surface area contributed by atoms with Crippen molar-refractivity contribution in [3.8, 4) is 23.0 Å². The van der Waals surface area contributed by atoms with E-state index in [4.69, 9.17) is 14.2 Å². The number of carbonyl (C=O) groups is 1. The van der Waals surface area contributed by atoms with E-state index in [1.165, 1.54) is 12.3 Å². The van der Waals surface area contributed by atoms with Crippen LogP contribution in [0.3, 0.4) is 0 Å². The quantitative estimate of drug-likeness (QED) is 0.219. The monoisotopic (exact) mass is 508 g/mol. The summed E-state index contributed by atoms with van der Waals surface area (Å²) >= 11 is 0. The van der Waals surface area contributed by atoms with Crippen LogP contribution in [-0.2, 0) is 4.79 Å². The first kappa shape index (κ1) is 26.6. The van der Waals surface area contributed by atoms with Crippen LogP contribution in [-0.4, -0.2) is 35.2 Å². The van der Waals surface area contributed by atoms with Crippen molar-refractivity contribution in [1.29, 1.82) is 0 Å². The van der Waals surface area contributed by atoms with Gasteiger partial charge in [-0.05, 0) is 73.9 Å². The fourth-order valence-corrected chi connectivity index (χ4v) is 3.09. The molecule has 0 saturated carbocycles. The number of carbonyl (C=O) groups excluding carboxylic acids is 1. The summed E-state index contributed by atoms with van der Waals surface area (Å²) in [7, 11) is 0. The normalized spacial score (nSPS) is 10.7. The summed E-state index contributed by atoms with van der Waals surface area (Å²) in [6.45, 7) is 5.73. The molecule has 192 valence electrons. The van der Waals surface area contributed by atoms with Crippen LogP contribution < -0.4 is 19.6 Å². The molecule has 12 nitrogen and oxygen atoms in total. The van der Waals surface area contributed by atoms with Crippen molar-refractivity contribution in [2.45, 2.75) is 20.8 Å². The van der Waals surface area contributed by atoms with Crippen molar-refractivity contribution in [1.82, 2.24) is 5.43 Å². The van der Waals surface area contributed by atoms with E-state index < -0.39 is 27.1 Å². The zero-order chi connectivity index (χ0) is 26.9. The van der Waals surface area contributed by atoms with Crippen molar-refractivity contribution in [2.75, 3.05) is 13.2 Å². The summed E-state index contributed by atoms with van der Waals surface area (Å²) in [4.78, 5) is 32.9. The van der Waals surface area contributed by atoms with Gasteiger partial charge in [-0.2, -0.15) is 5.10 Å². The highest BCUT2D eigenvalue weighted by Gasteiger charge is 2.22. The third-order valence-corrected chi connectivity index (χ3v) is 5.09. The molecule has 0 aliphatic rings. The second-order valence-corrected chi connectivity index (χ2v) is 7.74. The van der Waals surface area contributed by atoms with E-state index in [2.05, 4.69) is 10.5 Å². The number of nitro benzene ring substituents is 2. The van der Waals surface area contributed by atoms with Crippen molar-refractivity contribution >= 4 is 23.5 Å². The van der Waals surface area contributed by atoms with Crippen LogP contribution in [0.2, 0.25) is 0 Å². The van der Waals surface area contributed by atoms with Gasteiger partial charge in [0.15, 0.2) is 18.1 Å². The molecule has 0 aromatic heterocycles. The number of hydrogen-bond donors (Lipinski definition) is 1. The van der Waals surface area contributed by atoms with Crippen LogP contribution in [0.4, 0.5) is 11.4 Å². The average molecular weight is 508 g/mol. The highest BCUT2D eigenvalue weighted by molar-refractivity contribution is 5.83. The van der Waals surface area contributed by atoms with E-state index in [-0.39, 0.29) is 30.5 Å². The van der Waals surface area contributed by atoms with Gasteiger partial charge in [-0.1, -0.05) is 6.07 Å². The smallest absolute Gasteiger partial charge is 0.318 e. The molecule has 0 unspecified atom stereocenters. The van der Waals surface area contributed by atoms with Gasteiger partial charge in [0.05, 0.1) is 28.7 Å². The van der Waals surface area contributed by atoms with Crippen LogP contribution in [0.5, 0.6) is 23.0 Å². The fraction of sp³-hybridized carbons (Fsp3) is 0.200. The van der Waals surface area contributed by atoms with E-state index in [9.17, 15) is 25.0 Å². The van der Waals surface area contributed by atoms with Crippen molar-refractivity contribution in [2.24, 2.45) is 5.10 Å². The Kier molecular flexibility index (Phi) is 8.71. The first-order chi connectivity index (χ1) is 17.7. The lowest BCUT2D eigenvalue weighted by atomic mass is 10.1. The highest BCUT2D eigenvalue weighted by Crippen LogP contribution is 2.38. The van der Waals surface area contributed by atoms with Crippen molar-refractivity contribution in [3.05, 3.63) is 91.5 Å². The number of non-ortho nitro benzene ring substituents is 1. The fourth-order valence-electron chi connectivity index (χ4n) is 3.09. The lowest BCUT2D eigenvalue weighted by Crippen LogP contribution is -2.24. The van der Waals surface area contributed by atoms with Crippen LogP contribution in [0.15, 0.2) is 59.7 Å². The summed E-state index contributed by atoms with van der Waals surface area (Å²) in [5.41, 5.74) is 4.09. The van der Waals surface area contributed by atoms with Gasteiger partial charge in [-0.15, -0.1) is 0 Å². The average Bonchev–Trinajstić information content (AvgIpc) is 2.86. The molecule has 0 spiro atoms. The molecule has 1 amide bonds. The minimum Gasteiger partial charge on any atom is -0.490 e. The number of nitrogens with one attached hydrogen (secondary N) is 1. The zero-order valence-corrected chi connectivity index (χ0v) is 20.3. The van der Waals surface area contributed by atoms with E-state index in [0.29, 0.717) is 11.3 Å². The van der Waals surface area contributed by atoms with Gasteiger partial charge >= 0.3 is 5.69 Å². The molecule has 0 aliphatic heterocycles. The van der Waals surface area contributed by atoms with Crippen LogP contribution >= 0.6 is 0 Å². The van der Waals surface area contributed by atoms with Crippen LogP contribution in [0.25, 0.3) is 0 Å². The molecule has 3 aromatic carbocycles. The molecule has 3 aromatic rings. The number of amides is 1. The zero-order valence-electron chi connectivity index (χ0n) is 20.3. The van der Waals surface area contributed by atoms with E-state index in [1.54, 1.807) is 25.1 Å². The SMILES string of the molecule is CCOc1cc(C=NNC(=O)COc2ccc(C)c(C)c2)ccc1Oc1ccc([N+](=O)[O-])cc1[N+](=O)[O-]. The number of hydrogen-bond acceptors (Lipinski definition) is 9. The van der Waals surface area contributed by atoms with Gasteiger partial charge in [-0.25, -0.2) is 5.43 Å². The largest absolute Gasteiger partial charge is 0.490 e. The highest BCUT2D eigenvalue weighted by atomic mass is 16.6. The number of hydrazone groups is 1. The molecule has 0 fully saturated rings. The third-order valence-electron chi connectivity index (χ3n) is 5.09. The topological polar surface area (TPSA) is 155 Å². The maximum atomic E-state index is 12.0. The number of nitro groups is 2. The van der Waals surface area contributed by atoms with Gasteiger partial charge < -0.3 is 14.2 Å². The Balaban J connectivity index is 1.68. The first-order valence-electron chi connectivity index (χ1n) is 11.1. The Hall–Kier alpha value is -5.00. The second kappa shape index (κ2) is 12.1. The Morgan fingerprint density at radius 2 is 1.68 bits per heavy atom. The molecule has 0 atom stereocenters. The lowest BCUT2D eigenvalue weighted by Gasteiger charge is -2.12. The molecular weight excluding hydrogens is 484 g/mol. The molecule has 0 radical (unpaired) electrons. The van der Waals surface area contributed by atoms with Gasteiger partial charge in [0.1, 0.15) is 5.75 Å². The maximum absolute atomic E-state index is 12.0. The van der Waals surface area contributed by atoms with Crippen molar-refractivity contribution in [3.63, 3.8) is 0 Å². The van der Waals surface area contributed by atoms with E-state index in [0.717, 1.165) is 29.3 Å². The summed E-state index contributed by atoms with van der Waals surface area (Å²) in [6, 6.07) is 13.3. The van der Waals surface area contributed by atoms with E-state index in [1.807, 2.05) is 26.0 Å². The Morgan fingerprint density at radius 3 is 2.35 bits per heavy atom. The number of nitrogens with zero attached hydrogens (tertiary/aromatic N) is 3. The Labute approximate surface area is 211 Å². The minimum atomic E-state index is -0.768. The third kappa shape index (κ3) is 7.24. The van der Waals surface area contributed by atoms with Crippen molar-refractivity contribution < 1.29 is 28.9 Å². The van der Waals surface area contributed by atoms with E-state index >= 15 is 0 Å². The number of rotatable bonds is 11.